The zero-order valence-electron chi connectivity index (χ0n) is 15.5. The number of rotatable bonds is 6. The summed E-state index contributed by atoms with van der Waals surface area (Å²) in [5.74, 6) is -0.756. The summed E-state index contributed by atoms with van der Waals surface area (Å²) in [6, 6.07) is 16.6. The van der Waals surface area contributed by atoms with Crippen LogP contribution in [0.15, 0.2) is 54.6 Å². The minimum Gasteiger partial charge on any atom is -0.324 e. The predicted molar refractivity (Wildman–Crippen MR) is 104 cm³/mol. The van der Waals surface area contributed by atoms with Crippen molar-refractivity contribution in [2.45, 2.75) is 32.2 Å². The van der Waals surface area contributed by atoms with E-state index in [1.54, 1.807) is 6.07 Å². The highest BCUT2D eigenvalue weighted by Crippen LogP contribution is 2.28. The molecule has 3 rings (SSSR count). The van der Waals surface area contributed by atoms with Crippen LogP contribution in [0.3, 0.4) is 0 Å². The second-order valence-electron chi connectivity index (χ2n) is 6.57. The van der Waals surface area contributed by atoms with Gasteiger partial charge in [-0.3, -0.25) is 14.5 Å². The molecule has 6 heteroatoms. The van der Waals surface area contributed by atoms with Crippen molar-refractivity contribution in [2.75, 3.05) is 11.9 Å². The SMILES string of the molecule is CCC1(CC)NC(=O)N(CC(=O)Nc2ccccc2-c2ccccc2)C1=O. The minimum absolute atomic E-state index is 0.310. The van der Waals surface area contributed by atoms with Gasteiger partial charge < -0.3 is 10.6 Å². The van der Waals surface area contributed by atoms with E-state index in [4.69, 9.17) is 0 Å². The topological polar surface area (TPSA) is 78.5 Å². The number of imide groups is 1. The molecule has 0 atom stereocenters. The van der Waals surface area contributed by atoms with Gasteiger partial charge in [0.25, 0.3) is 5.91 Å². The Kier molecular flexibility index (Phi) is 5.26. The molecule has 0 aliphatic carbocycles. The van der Waals surface area contributed by atoms with Crippen LogP contribution in [0, 0.1) is 0 Å². The van der Waals surface area contributed by atoms with Crippen LogP contribution in [0.25, 0.3) is 11.1 Å². The molecule has 0 spiro atoms. The van der Waals surface area contributed by atoms with Crippen molar-refractivity contribution in [1.29, 1.82) is 0 Å². The third-order valence-corrected chi connectivity index (χ3v) is 5.04. The van der Waals surface area contributed by atoms with Crippen LogP contribution in [0.2, 0.25) is 0 Å². The Balaban J connectivity index is 1.76. The molecule has 2 aromatic rings. The molecule has 0 bridgehead atoms. The van der Waals surface area contributed by atoms with Crippen LogP contribution in [0.5, 0.6) is 0 Å². The van der Waals surface area contributed by atoms with E-state index in [1.807, 2.05) is 62.4 Å². The number of carbonyl (C=O) groups is 3. The summed E-state index contributed by atoms with van der Waals surface area (Å²) in [6.07, 6.45) is 0.978. The van der Waals surface area contributed by atoms with E-state index in [9.17, 15) is 14.4 Å². The number of anilines is 1. The third-order valence-electron chi connectivity index (χ3n) is 5.04. The zero-order valence-corrected chi connectivity index (χ0v) is 15.5. The fraction of sp³-hybridized carbons (Fsp3) is 0.286. The van der Waals surface area contributed by atoms with Crippen LogP contribution >= 0.6 is 0 Å². The Bertz CT molecular complexity index is 860. The molecular formula is C21H23N3O3. The first kappa shape index (κ1) is 18.6. The van der Waals surface area contributed by atoms with Crippen molar-refractivity contribution in [2.24, 2.45) is 0 Å². The van der Waals surface area contributed by atoms with Gasteiger partial charge in [0.15, 0.2) is 0 Å². The lowest BCUT2D eigenvalue weighted by molar-refractivity contribution is -0.134. The highest BCUT2D eigenvalue weighted by molar-refractivity contribution is 6.10. The maximum Gasteiger partial charge on any atom is 0.325 e. The van der Waals surface area contributed by atoms with Gasteiger partial charge in [-0.25, -0.2) is 4.79 Å². The molecular weight excluding hydrogens is 342 g/mol. The first-order valence-corrected chi connectivity index (χ1v) is 9.09. The highest BCUT2D eigenvalue weighted by atomic mass is 16.2. The largest absolute Gasteiger partial charge is 0.325 e. The van der Waals surface area contributed by atoms with Crippen molar-refractivity contribution in [3.8, 4) is 11.1 Å². The van der Waals surface area contributed by atoms with Gasteiger partial charge in [0.2, 0.25) is 5.91 Å². The van der Waals surface area contributed by atoms with Crippen LogP contribution in [0.1, 0.15) is 26.7 Å². The molecule has 0 saturated carbocycles. The number of benzene rings is 2. The van der Waals surface area contributed by atoms with Crippen LogP contribution in [-0.4, -0.2) is 34.8 Å². The average molecular weight is 365 g/mol. The number of nitrogens with zero attached hydrogens (tertiary/aromatic N) is 1. The predicted octanol–water partition coefficient (Wildman–Crippen LogP) is 3.40. The van der Waals surface area contributed by atoms with Gasteiger partial charge in [-0.1, -0.05) is 62.4 Å². The normalized spacial score (nSPS) is 15.6. The Hall–Kier alpha value is -3.15. The first-order chi connectivity index (χ1) is 13.0. The van der Waals surface area contributed by atoms with Gasteiger partial charge in [0, 0.05) is 11.3 Å². The van der Waals surface area contributed by atoms with Crippen molar-refractivity contribution in [3.05, 3.63) is 54.6 Å². The molecule has 4 amide bonds. The molecule has 0 aromatic heterocycles. The molecule has 1 aliphatic rings. The zero-order chi connectivity index (χ0) is 19.4. The molecule has 0 unspecified atom stereocenters. The minimum atomic E-state index is -0.903. The van der Waals surface area contributed by atoms with Gasteiger partial charge in [-0.2, -0.15) is 0 Å². The van der Waals surface area contributed by atoms with Crippen molar-refractivity contribution in [3.63, 3.8) is 0 Å². The summed E-state index contributed by atoms with van der Waals surface area (Å²) < 4.78 is 0. The average Bonchev–Trinajstić information content (AvgIpc) is 2.93. The number of hydrogen-bond donors (Lipinski definition) is 2. The number of hydrogen-bond acceptors (Lipinski definition) is 3. The molecule has 0 radical (unpaired) electrons. The van der Waals surface area contributed by atoms with Crippen LogP contribution in [0.4, 0.5) is 10.5 Å². The number of amides is 4. The number of nitrogens with one attached hydrogen (secondary N) is 2. The second kappa shape index (κ2) is 7.61. The lowest BCUT2D eigenvalue weighted by Crippen LogP contribution is -2.46. The van der Waals surface area contributed by atoms with Gasteiger partial charge in [0.05, 0.1) is 0 Å². The monoisotopic (exact) mass is 365 g/mol. The van der Waals surface area contributed by atoms with Crippen LogP contribution < -0.4 is 10.6 Å². The summed E-state index contributed by atoms with van der Waals surface area (Å²) in [6.45, 7) is 3.39. The molecule has 2 aromatic carbocycles. The summed E-state index contributed by atoms with van der Waals surface area (Å²) in [5.41, 5.74) is 1.58. The van der Waals surface area contributed by atoms with E-state index in [-0.39, 0.29) is 12.5 Å². The lowest BCUT2D eigenvalue weighted by atomic mass is 9.93. The summed E-state index contributed by atoms with van der Waals surface area (Å²) in [5, 5.41) is 5.56. The molecule has 1 saturated heterocycles. The Morgan fingerprint density at radius 1 is 1.00 bits per heavy atom. The van der Waals surface area contributed by atoms with E-state index >= 15 is 0 Å². The molecule has 27 heavy (non-hydrogen) atoms. The van der Waals surface area contributed by atoms with E-state index in [1.165, 1.54) is 0 Å². The number of para-hydroxylation sites is 1. The summed E-state index contributed by atoms with van der Waals surface area (Å²) in [4.78, 5) is 38.4. The van der Waals surface area contributed by atoms with Gasteiger partial charge in [-0.15, -0.1) is 0 Å². The Morgan fingerprint density at radius 3 is 2.26 bits per heavy atom. The number of carbonyl (C=O) groups excluding carboxylic acids is 3. The molecule has 6 nitrogen and oxygen atoms in total. The van der Waals surface area contributed by atoms with Crippen molar-refractivity contribution in [1.82, 2.24) is 10.2 Å². The molecule has 1 heterocycles. The fourth-order valence-corrected chi connectivity index (χ4v) is 3.34. The van der Waals surface area contributed by atoms with E-state index < -0.39 is 17.5 Å². The van der Waals surface area contributed by atoms with Crippen molar-refractivity contribution >= 4 is 23.5 Å². The maximum atomic E-state index is 12.6. The summed E-state index contributed by atoms with van der Waals surface area (Å²) >= 11 is 0. The standard InChI is InChI=1S/C21H23N3O3/c1-3-21(4-2)19(26)24(20(27)23-21)14-18(25)22-17-13-9-8-12-16(17)15-10-6-5-7-11-15/h5-13H,3-4,14H2,1-2H3,(H,22,25)(H,23,27). The van der Waals surface area contributed by atoms with E-state index in [0.29, 0.717) is 18.5 Å². The molecule has 1 aliphatic heterocycles. The van der Waals surface area contributed by atoms with E-state index in [0.717, 1.165) is 16.0 Å². The second-order valence-corrected chi connectivity index (χ2v) is 6.57. The molecule has 1 fully saturated rings. The summed E-state index contributed by atoms with van der Waals surface area (Å²) in [7, 11) is 0. The quantitative estimate of drug-likeness (QED) is 0.770. The fourth-order valence-electron chi connectivity index (χ4n) is 3.34. The third kappa shape index (κ3) is 3.56. The van der Waals surface area contributed by atoms with Gasteiger partial charge in [-0.05, 0) is 24.5 Å². The van der Waals surface area contributed by atoms with Gasteiger partial charge in [0.1, 0.15) is 12.1 Å². The first-order valence-electron chi connectivity index (χ1n) is 9.09. The van der Waals surface area contributed by atoms with Gasteiger partial charge >= 0.3 is 6.03 Å². The maximum absolute atomic E-state index is 12.6. The number of urea groups is 1. The molecule has 140 valence electrons. The van der Waals surface area contributed by atoms with Crippen molar-refractivity contribution < 1.29 is 14.4 Å². The highest BCUT2D eigenvalue weighted by Gasteiger charge is 2.49. The van der Waals surface area contributed by atoms with E-state index in [2.05, 4.69) is 10.6 Å². The lowest BCUT2D eigenvalue weighted by Gasteiger charge is -2.23. The van der Waals surface area contributed by atoms with Crippen LogP contribution in [-0.2, 0) is 9.59 Å². The molecule has 2 N–H and O–H groups in total. The smallest absolute Gasteiger partial charge is 0.324 e. The Labute approximate surface area is 158 Å². The Morgan fingerprint density at radius 2 is 1.63 bits per heavy atom.